The maximum Gasteiger partial charge on any atom is 0.118 e. The molecule has 0 spiro atoms. The molecule has 0 atom stereocenters. The summed E-state index contributed by atoms with van der Waals surface area (Å²) in [7, 11) is 1.70. The van der Waals surface area contributed by atoms with Gasteiger partial charge in [-0.1, -0.05) is 12.1 Å². The number of methoxy groups -OCH3 is 1. The quantitative estimate of drug-likeness (QED) is 0.869. The molecule has 2 rings (SSSR count). The number of hydrogen-bond acceptors (Lipinski definition) is 3. The molecule has 0 saturated carbocycles. The molecule has 0 aromatic heterocycles. The molecule has 1 aromatic rings. The maximum atomic E-state index is 6.13. The zero-order valence-corrected chi connectivity index (χ0v) is 10.8. The van der Waals surface area contributed by atoms with Gasteiger partial charge in [0.15, 0.2) is 0 Å². The Hall–Kier alpha value is -1.06. The molecule has 1 aromatic carbocycles. The van der Waals surface area contributed by atoms with E-state index < -0.39 is 0 Å². The average molecular weight is 234 g/mol. The first-order valence-corrected chi connectivity index (χ1v) is 6.23. The second-order valence-electron chi connectivity index (χ2n) is 5.28. The van der Waals surface area contributed by atoms with Crippen molar-refractivity contribution >= 4 is 0 Å². The Labute approximate surface area is 104 Å². The van der Waals surface area contributed by atoms with Crippen molar-refractivity contribution in [2.24, 2.45) is 5.73 Å². The molecule has 17 heavy (non-hydrogen) atoms. The van der Waals surface area contributed by atoms with E-state index in [-0.39, 0.29) is 5.54 Å². The number of ether oxygens (including phenoxy) is 1. The molecular weight excluding hydrogens is 212 g/mol. The fourth-order valence-electron chi connectivity index (χ4n) is 2.21. The van der Waals surface area contributed by atoms with Crippen molar-refractivity contribution < 1.29 is 4.74 Å². The van der Waals surface area contributed by atoms with Crippen molar-refractivity contribution in [2.75, 3.05) is 20.2 Å². The number of rotatable bonds is 3. The molecule has 0 bridgehead atoms. The molecule has 94 valence electrons. The van der Waals surface area contributed by atoms with E-state index in [1.54, 1.807) is 7.11 Å². The Balaban J connectivity index is 1.89. The van der Waals surface area contributed by atoms with E-state index in [4.69, 9.17) is 10.5 Å². The molecule has 1 heterocycles. The van der Waals surface area contributed by atoms with Gasteiger partial charge >= 0.3 is 0 Å². The standard InChI is InChI=1S/C14H22N2O/c1-14(15)7-9-16(10-8-14)11-12-3-5-13(17-2)6-4-12/h3-6H,7-11,15H2,1-2H3. The zero-order valence-electron chi connectivity index (χ0n) is 10.8. The van der Waals surface area contributed by atoms with Gasteiger partial charge < -0.3 is 10.5 Å². The van der Waals surface area contributed by atoms with Crippen LogP contribution in [0, 0.1) is 0 Å². The Morgan fingerprint density at radius 1 is 1.24 bits per heavy atom. The van der Waals surface area contributed by atoms with Crippen LogP contribution in [0.2, 0.25) is 0 Å². The number of benzene rings is 1. The van der Waals surface area contributed by atoms with Gasteiger partial charge in [0.1, 0.15) is 5.75 Å². The minimum Gasteiger partial charge on any atom is -0.497 e. The second-order valence-corrected chi connectivity index (χ2v) is 5.28. The van der Waals surface area contributed by atoms with Crippen LogP contribution in [0.4, 0.5) is 0 Å². The van der Waals surface area contributed by atoms with Gasteiger partial charge in [-0.2, -0.15) is 0 Å². The van der Waals surface area contributed by atoms with Crippen molar-refractivity contribution in [3.63, 3.8) is 0 Å². The fourth-order valence-corrected chi connectivity index (χ4v) is 2.21. The summed E-state index contributed by atoms with van der Waals surface area (Å²) in [5.74, 6) is 0.918. The van der Waals surface area contributed by atoms with E-state index in [0.717, 1.165) is 38.2 Å². The van der Waals surface area contributed by atoms with Crippen molar-refractivity contribution in [3.8, 4) is 5.75 Å². The van der Waals surface area contributed by atoms with Gasteiger partial charge in [-0.15, -0.1) is 0 Å². The van der Waals surface area contributed by atoms with Crippen molar-refractivity contribution in [3.05, 3.63) is 29.8 Å². The highest BCUT2D eigenvalue weighted by atomic mass is 16.5. The number of piperidine rings is 1. The monoisotopic (exact) mass is 234 g/mol. The third-order valence-corrected chi connectivity index (χ3v) is 3.56. The maximum absolute atomic E-state index is 6.13. The van der Waals surface area contributed by atoms with Crippen LogP contribution in [0.3, 0.4) is 0 Å². The topological polar surface area (TPSA) is 38.5 Å². The van der Waals surface area contributed by atoms with Gasteiger partial charge in [0.05, 0.1) is 7.11 Å². The van der Waals surface area contributed by atoms with Crippen LogP contribution < -0.4 is 10.5 Å². The number of nitrogens with two attached hydrogens (primary N) is 1. The van der Waals surface area contributed by atoms with Crippen molar-refractivity contribution in [2.45, 2.75) is 31.8 Å². The summed E-state index contributed by atoms with van der Waals surface area (Å²) in [5.41, 5.74) is 7.51. The lowest BCUT2D eigenvalue weighted by molar-refractivity contribution is 0.165. The van der Waals surface area contributed by atoms with Gasteiger partial charge in [-0.25, -0.2) is 0 Å². The van der Waals surface area contributed by atoms with E-state index in [1.165, 1.54) is 5.56 Å². The summed E-state index contributed by atoms with van der Waals surface area (Å²) < 4.78 is 5.16. The number of hydrogen-bond donors (Lipinski definition) is 1. The van der Waals surface area contributed by atoms with Crippen molar-refractivity contribution in [1.29, 1.82) is 0 Å². The minimum atomic E-state index is 0.0381. The molecule has 2 N–H and O–H groups in total. The molecule has 0 unspecified atom stereocenters. The molecule has 3 heteroatoms. The molecule has 1 fully saturated rings. The first-order valence-electron chi connectivity index (χ1n) is 6.23. The molecule has 0 amide bonds. The Bertz CT molecular complexity index is 349. The SMILES string of the molecule is COc1ccc(CN2CCC(C)(N)CC2)cc1. The molecule has 0 aliphatic carbocycles. The van der Waals surface area contributed by atoms with Crippen LogP contribution in [0.25, 0.3) is 0 Å². The summed E-state index contributed by atoms with van der Waals surface area (Å²) in [6.07, 6.45) is 2.17. The smallest absolute Gasteiger partial charge is 0.118 e. The van der Waals surface area contributed by atoms with Crippen LogP contribution in [-0.4, -0.2) is 30.6 Å². The van der Waals surface area contributed by atoms with Crippen LogP contribution in [0.15, 0.2) is 24.3 Å². The summed E-state index contributed by atoms with van der Waals surface area (Å²) in [6.45, 7) is 5.36. The van der Waals surface area contributed by atoms with Crippen LogP contribution in [-0.2, 0) is 6.54 Å². The normalized spacial score (nSPS) is 20.2. The average Bonchev–Trinajstić information content (AvgIpc) is 2.33. The summed E-state index contributed by atoms with van der Waals surface area (Å²) in [5, 5.41) is 0. The van der Waals surface area contributed by atoms with E-state index >= 15 is 0 Å². The largest absolute Gasteiger partial charge is 0.497 e. The van der Waals surface area contributed by atoms with Gasteiger partial charge in [-0.05, 0) is 37.5 Å². The lowest BCUT2D eigenvalue weighted by Gasteiger charge is -2.36. The van der Waals surface area contributed by atoms with Crippen LogP contribution in [0.5, 0.6) is 5.75 Å². The third-order valence-electron chi connectivity index (χ3n) is 3.56. The predicted molar refractivity (Wildman–Crippen MR) is 70.1 cm³/mol. The fraction of sp³-hybridized carbons (Fsp3) is 0.571. The Morgan fingerprint density at radius 3 is 2.35 bits per heavy atom. The molecule has 1 saturated heterocycles. The van der Waals surface area contributed by atoms with Gasteiger partial charge in [0.2, 0.25) is 0 Å². The van der Waals surface area contributed by atoms with Gasteiger partial charge in [0.25, 0.3) is 0 Å². The first kappa shape index (κ1) is 12.4. The Kier molecular flexibility index (Phi) is 3.69. The predicted octanol–water partition coefficient (Wildman–Crippen LogP) is 2.01. The van der Waals surface area contributed by atoms with Crippen LogP contribution in [0.1, 0.15) is 25.3 Å². The van der Waals surface area contributed by atoms with Crippen LogP contribution >= 0.6 is 0 Å². The van der Waals surface area contributed by atoms with Gasteiger partial charge in [0, 0.05) is 25.2 Å². The van der Waals surface area contributed by atoms with E-state index in [9.17, 15) is 0 Å². The lowest BCUT2D eigenvalue weighted by atomic mass is 9.91. The highest BCUT2D eigenvalue weighted by Gasteiger charge is 2.25. The minimum absolute atomic E-state index is 0.0381. The molecule has 1 aliphatic heterocycles. The highest BCUT2D eigenvalue weighted by Crippen LogP contribution is 2.21. The Morgan fingerprint density at radius 2 is 1.82 bits per heavy atom. The van der Waals surface area contributed by atoms with E-state index in [1.807, 2.05) is 12.1 Å². The molecule has 0 radical (unpaired) electrons. The van der Waals surface area contributed by atoms with Crippen molar-refractivity contribution in [1.82, 2.24) is 4.90 Å². The summed E-state index contributed by atoms with van der Waals surface area (Å²) >= 11 is 0. The highest BCUT2D eigenvalue weighted by molar-refractivity contribution is 5.27. The molecule has 1 aliphatic rings. The summed E-state index contributed by atoms with van der Waals surface area (Å²) in [4.78, 5) is 2.47. The third kappa shape index (κ3) is 3.45. The molecule has 3 nitrogen and oxygen atoms in total. The van der Waals surface area contributed by atoms with E-state index in [2.05, 4.69) is 24.0 Å². The summed E-state index contributed by atoms with van der Waals surface area (Å²) in [6, 6.07) is 8.31. The second kappa shape index (κ2) is 5.07. The lowest BCUT2D eigenvalue weighted by Crippen LogP contribution is -2.47. The number of nitrogens with zero attached hydrogens (tertiary/aromatic N) is 1. The van der Waals surface area contributed by atoms with Gasteiger partial charge in [-0.3, -0.25) is 4.90 Å². The first-order chi connectivity index (χ1) is 8.09. The number of likely N-dealkylation sites (tertiary alicyclic amines) is 1. The zero-order chi connectivity index (χ0) is 12.3. The van der Waals surface area contributed by atoms with E-state index in [0.29, 0.717) is 0 Å². The molecular formula is C14H22N2O.